The fraction of sp³-hybridized carbons (Fsp3) is 0.769. The molecule has 0 bridgehead atoms. The Labute approximate surface area is 129 Å². The Morgan fingerprint density at radius 2 is 1.70 bits per heavy atom. The fourth-order valence-electron chi connectivity index (χ4n) is 2.02. The van der Waals surface area contributed by atoms with Crippen LogP contribution in [0.5, 0.6) is 0 Å². The summed E-state index contributed by atoms with van der Waals surface area (Å²) in [5.74, 6) is -13.1. The molecule has 2 atom stereocenters. The van der Waals surface area contributed by atoms with Gasteiger partial charge < -0.3 is 19.3 Å². The summed E-state index contributed by atoms with van der Waals surface area (Å²) >= 11 is 0. The molecule has 1 N–H and O–H groups in total. The first-order chi connectivity index (χ1) is 9.99. The van der Waals surface area contributed by atoms with Crippen LogP contribution in [0.15, 0.2) is 12.2 Å². The van der Waals surface area contributed by atoms with Crippen LogP contribution in [0.25, 0.3) is 0 Å². The normalized spacial score (nSPS) is 33.1. The minimum absolute atomic E-state index is 0.0694. The number of ether oxygens (including phenoxy) is 3. The van der Waals surface area contributed by atoms with E-state index < -0.39 is 41.9 Å². The van der Waals surface area contributed by atoms with Crippen molar-refractivity contribution in [2.24, 2.45) is 0 Å². The number of aliphatic hydroxyl groups is 1. The highest BCUT2D eigenvalue weighted by Gasteiger charge is 2.81. The first kappa shape index (κ1) is 19.8. The highest BCUT2D eigenvalue weighted by molar-refractivity contribution is 5.86. The Bertz CT molecular complexity index is 515. The number of esters is 1. The summed E-state index contributed by atoms with van der Waals surface area (Å²) in [6.45, 7) is 5.72. The van der Waals surface area contributed by atoms with Crippen molar-refractivity contribution in [1.29, 1.82) is 0 Å². The highest BCUT2D eigenvalue weighted by Crippen LogP contribution is 2.55. The molecule has 23 heavy (non-hydrogen) atoms. The van der Waals surface area contributed by atoms with Gasteiger partial charge in [-0.2, -0.15) is 22.0 Å². The van der Waals surface area contributed by atoms with Crippen LogP contribution in [0, 0.1) is 0 Å². The second-order valence-corrected chi connectivity index (χ2v) is 5.92. The Morgan fingerprint density at radius 3 is 2.09 bits per heavy atom. The number of carbonyl (C=O) groups excluding carboxylic acids is 1. The predicted octanol–water partition coefficient (Wildman–Crippen LogP) is 2.53. The Kier molecular flexibility index (Phi) is 4.63. The van der Waals surface area contributed by atoms with E-state index in [0.29, 0.717) is 13.8 Å². The van der Waals surface area contributed by atoms with Crippen molar-refractivity contribution in [2.45, 2.75) is 57.0 Å². The number of hydrogen-bond acceptors (Lipinski definition) is 5. The van der Waals surface area contributed by atoms with E-state index in [1.807, 2.05) is 0 Å². The lowest BCUT2D eigenvalue weighted by atomic mass is 9.89. The maximum atomic E-state index is 14.1. The summed E-state index contributed by atoms with van der Waals surface area (Å²) in [7, 11) is 0. The van der Waals surface area contributed by atoms with Crippen LogP contribution in [0.1, 0.15) is 27.7 Å². The van der Waals surface area contributed by atoms with Gasteiger partial charge in [0.15, 0.2) is 0 Å². The molecule has 5 nitrogen and oxygen atoms in total. The van der Waals surface area contributed by atoms with Gasteiger partial charge in [-0.15, -0.1) is 0 Å². The molecule has 2 unspecified atom stereocenters. The Morgan fingerprint density at radius 1 is 1.22 bits per heavy atom. The molecule has 0 aromatic carbocycles. The SMILES string of the molecule is C=C(C)C(=O)OCC1(C)OC(C)(C)C(F)(F)C(O)(C(F)(F)F)O1. The van der Waals surface area contributed by atoms with Gasteiger partial charge in [-0.1, -0.05) is 6.58 Å². The molecule has 0 saturated carbocycles. The second kappa shape index (κ2) is 5.38. The third kappa shape index (κ3) is 3.20. The molecular formula is C13H17F5O5. The molecule has 0 aromatic heterocycles. The Balaban J connectivity index is 3.21. The van der Waals surface area contributed by atoms with Crippen LogP contribution in [-0.2, 0) is 19.0 Å². The minimum atomic E-state index is -5.82. The van der Waals surface area contributed by atoms with Crippen LogP contribution >= 0.6 is 0 Å². The number of alkyl halides is 5. The van der Waals surface area contributed by atoms with Gasteiger partial charge in [-0.3, -0.25) is 0 Å². The second-order valence-electron chi connectivity index (χ2n) is 5.92. The zero-order valence-corrected chi connectivity index (χ0v) is 12.9. The van der Waals surface area contributed by atoms with Crippen LogP contribution < -0.4 is 0 Å². The van der Waals surface area contributed by atoms with Crippen LogP contribution in [0.4, 0.5) is 22.0 Å². The topological polar surface area (TPSA) is 65.0 Å². The third-order valence-corrected chi connectivity index (χ3v) is 3.21. The molecule has 0 aromatic rings. The summed E-state index contributed by atoms with van der Waals surface area (Å²) in [6, 6.07) is 0. The molecule has 1 saturated heterocycles. The van der Waals surface area contributed by atoms with Gasteiger partial charge in [0, 0.05) is 5.57 Å². The van der Waals surface area contributed by atoms with Gasteiger partial charge in [-0.05, 0) is 27.7 Å². The van der Waals surface area contributed by atoms with Crippen LogP contribution in [-0.4, -0.2) is 47.0 Å². The molecule has 1 aliphatic heterocycles. The van der Waals surface area contributed by atoms with Crippen molar-refractivity contribution >= 4 is 5.97 Å². The van der Waals surface area contributed by atoms with E-state index in [1.165, 1.54) is 6.92 Å². The minimum Gasteiger partial charge on any atom is -0.457 e. The average molecular weight is 348 g/mol. The van der Waals surface area contributed by atoms with Crippen molar-refractivity contribution in [3.05, 3.63) is 12.2 Å². The first-order valence-corrected chi connectivity index (χ1v) is 6.39. The van der Waals surface area contributed by atoms with Gasteiger partial charge in [0.1, 0.15) is 12.2 Å². The van der Waals surface area contributed by atoms with Gasteiger partial charge in [-0.25, -0.2) is 4.79 Å². The smallest absolute Gasteiger partial charge is 0.449 e. The quantitative estimate of drug-likeness (QED) is 0.482. The number of hydrogen-bond donors (Lipinski definition) is 1. The molecular weight excluding hydrogens is 331 g/mol. The van der Waals surface area contributed by atoms with Crippen molar-refractivity contribution in [1.82, 2.24) is 0 Å². The summed E-state index contributed by atoms with van der Waals surface area (Å²) in [6.07, 6.45) is -5.82. The van der Waals surface area contributed by atoms with E-state index >= 15 is 0 Å². The zero-order valence-electron chi connectivity index (χ0n) is 12.9. The molecule has 0 aliphatic carbocycles. The van der Waals surface area contributed by atoms with E-state index in [2.05, 4.69) is 16.1 Å². The van der Waals surface area contributed by atoms with E-state index in [0.717, 1.165) is 6.92 Å². The molecule has 0 radical (unpaired) electrons. The van der Waals surface area contributed by atoms with Crippen molar-refractivity contribution in [2.75, 3.05) is 6.61 Å². The highest BCUT2D eigenvalue weighted by atomic mass is 19.4. The molecule has 0 amide bonds. The molecule has 1 heterocycles. The Hall–Kier alpha value is -1.26. The fourth-order valence-corrected chi connectivity index (χ4v) is 2.02. The summed E-state index contributed by atoms with van der Waals surface area (Å²) in [5.41, 5.74) is -2.83. The molecule has 1 aliphatic rings. The maximum absolute atomic E-state index is 14.1. The van der Waals surface area contributed by atoms with Crippen molar-refractivity contribution < 1.29 is 46.1 Å². The van der Waals surface area contributed by atoms with E-state index in [4.69, 9.17) is 4.74 Å². The van der Waals surface area contributed by atoms with E-state index in [9.17, 15) is 31.9 Å². The van der Waals surface area contributed by atoms with Crippen LogP contribution in [0.2, 0.25) is 0 Å². The number of halogens is 5. The lowest BCUT2D eigenvalue weighted by Crippen LogP contribution is -2.76. The van der Waals surface area contributed by atoms with Crippen molar-refractivity contribution in [3.63, 3.8) is 0 Å². The first-order valence-electron chi connectivity index (χ1n) is 6.39. The van der Waals surface area contributed by atoms with E-state index in [-0.39, 0.29) is 5.57 Å². The number of carbonyl (C=O) groups is 1. The molecule has 10 heteroatoms. The largest absolute Gasteiger partial charge is 0.457 e. The van der Waals surface area contributed by atoms with E-state index in [1.54, 1.807) is 0 Å². The van der Waals surface area contributed by atoms with Gasteiger partial charge in [0.25, 0.3) is 0 Å². The van der Waals surface area contributed by atoms with Crippen molar-refractivity contribution in [3.8, 4) is 0 Å². The maximum Gasteiger partial charge on any atom is 0.449 e. The standard InChI is InChI=1S/C13H17F5O5/c1-7(2)8(19)21-6-10(5)22-9(3,4)11(14,15)12(20,23-10)13(16,17)18/h20H,1,6H2,2-5H3. The third-order valence-electron chi connectivity index (χ3n) is 3.21. The van der Waals surface area contributed by atoms with Gasteiger partial charge >= 0.3 is 23.9 Å². The van der Waals surface area contributed by atoms with Crippen LogP contribution in [0.3, 0.4) is 0 Å². The predicted molar refractivity (Wildman–Crippen MR) is 66.4 cm³/mol. The monoisotopic (exact) mass is 348 g/mol. The number of rotatable bonds is 3. The summed E-state index contributed by atoms with van der Waals surface area (Å²) in [5, 5.41) is 9.55. The summed E-state index contributed by atoms with van der Waals surface area (Å²) < 4.78 is 80.7. The average Bonchev–Trinajstić information content (AvgIpc) is 2.31. The lowest BCUT2D eigenvalue weighted by Gasteiger charge is -2.54. The van der Waals surface area contributed by atoms with Gasteiger partial charge in [0.05, 0.1) is 0 Å². The summed E-state index contributed by atoms with van der Waals surface area (Å²) in [4.78, 5) is 11.3. The molecule has 0 spiro atoms. The molecule has 134 valence electrons. The zero-order chi connectivity index (χ0) is 18.5. The molecule has 1 fully saturated rings. The lowest BCUT2D eigenvalue weighted by molar-refractivity contribution is -0.542. The van der Waals surface area contributed by atoms with Gasteiger partial charge in [0.2, 0.25) is 5.79 Å². The molecule has 1 rings (SSSR count).